The molecule has 0 atom stereocenters. The molecule has 0 unspecified atom stereocenters. The van der Waals surface area contributed by atoms with Crippen LogP contribution in [0.25, 0.3) is 38.8 Å². The van der Waals surface area contributed by atoms with Gasteiger partial charge in [0.1, 0.15) is 0 Å². The molecular formula is C37H30N4. The Hall–Kier alpha value is -5.22. The Balaban J connectivity index is 1.44. The number of para-hydroxylation sites is 3. The van der Waals surface area contributed by atoms with Crippen molar-refractivity contribution in [1.82, 2.24) is 14.8 Å². The maximum Gasteiger partial charge on any atom is 0.164 e. The number of aryl methyl sites for hydroxylation is 2. The third-order valence-corrected chi connectivity index (χ3v) is 7.69. The Kier molecular flexibility index (Phi) is 6.29. The number of benzene rings is 5. The zero-order valence-corrected chi connectivity index (χ0v) is 23.2. The molecule has 0 bridgehead atoms. The van der Waals surface area contributed by atoms with Crippen molar-refractivity contribution in [1.29, 1.82) is 0 Å². The van der Waals surface area contributed by atoms with Crippen LogP contribution in [0.1, 0.15) is 18.2 Å². The number of hydrogen-bond donors (Lipinski definition) is 0. The smallest absolute Gasteiger partial charge is 0.164 e. The lowest BCUT2D eigenvalue weighted by molar-refractivity contribution is 0.879. The lowest BCUT2D eigenvalue weighted by Gasteiger charge is -2.25. The molecule has 7 aromatic rings. The maximum atomic E-state index is 5.15. The van der Waals surface area contributed by atoms with Crippen molar-refractivity contribution in [3.63, 3.8) is 0 Å². The van der Waals surface area contributed by atoms with Gasteiger partial charge in [0.05, 0.1) is 22.3 Å². The summed E-state index contributed by atoms with van der Waals surface area (Å²) < 4.78 is 1.97. The molecule has 0 radical (unpaired) electrons. The molecule has 0 aliphatic carbocycles. The average molecular weight is 531 g/mol. The number of hydrogen-bond acceptors (Lipinski definition) is 3. The summed E-state index contributed by atoms with van der Waals surface area (Å²) in [4.78, 5) is 7.44. The molecule has 7 rings (SSSR count). The average Bonchev–Trinajstić information content (AvgIpc) is 3.37. The second-order valence-electron chi connectivity index (χ2n) is 10.3. The molecule has 0 aliphatic heterocycles. The molecular weight excluding hydrogens is 500 g/mol. The summed E-state index contributed by atoms with van der Waals surface area (Å²) in [6.45, 7) is 4.28. The fourth-order valence-electron chi connectivity index (χ4n) is 5.69. The van der Waals surface area contributed by atoms with Crippen LogP contribution in [0.4, 0.5) is 17.1 Å². The third kappa shape index (κ3) is 4.44. The first-order valence-electron chi connectivity index (χ1n) is 14.1. The Bertz CT molecular complexity index is 1920. The van der Waals surface area contributed by atoms with Crippen LogP contribution in [0.5, 0.6) is 0 Å². The van der Waals surface area contributed by atoms with E-state index in [9.17, 15) is 0 Å². The summed E-state index contributed by atoms with van der Waals surface area (Å²) in [5.41, 5.74) is 10.8. The fourth-order valence-corrected chi connectivity index (χ4v) is 5.69. The highest BCUT2D eigenvalue weighted by molar-refractivity contribution is 6.10. The molecule has 198 valence electrons. The predicted molar refractivity (Wildman–Crippen MR) is 171 cm³/mol. The third-order valence-electron chi connectivity index (χ3n) is 7.69. The van der Waals surface area contributed by atoms with Gasteiger partial charge in [-0.15, -0.1) is 0 Å². The first-order valence-corrected chi connectivity index (χ1v) is 14.1. The van der Waals surface area contributed by atoms with Crippen LogP contribution in [0.3, 0.4) is 0 Å². The van der Waals surface area contributed by atoms with E-state index in [1.807, 2.05) is 22.9 Å². The van der Waals surface area contributed by atoms with Gasteiger partial charge in [-0.1, -0.05) is 79.7 Å². The SMILES string of the molecule is CCc1ccc2nc3c(c(C)nn3-c3ccccc3)c(-c3ccc(N(c4ccccc4)c4ccccc4)cc3)c2c1. The van der Waals surface area contributed by atoms with Crippen molar-refractivity contribution < 1.29 is 0 Å². The van der Waals surface area contributed by atoms with E-state index in [0.717, 1.165) is 62.4 Å². The van der Waals surface area contributed by atoms with Crippen molar-refractivity contribution in [3.8, 4) is 16.8 Å². The molecule has 0 spiro atoms. The van der Waals surface area contributed by atoms with Crippen LogP contribution >= 0.6 is 0 Å². The molecule has 0 saturated heterocycles. The summed E-state index contributed by atoms with van der Waals surface area (Å²) in [7, 11) is 0. The van der Waals surface area contributed by atoms with Crippen LogP contribution in [0, 0.1) is 6.92 Å². The Morgan fingerprint density at radius 3 is 1.85 bits per heavy atom. The topological polar surface area (TPSA) is 34.0 Å². The fraction of sp³-hybridized carbons (Fsp3) is 0.0811. The van der Waals surface area contributed by atoms with E-state index >= 15 is 0 Å². The summed E-state index contributed by atoms with van der Waals surface area (Å²) in [5, 5.41) is 7.23. The largest absolute Gasteiger partial charge is 0.311 e. The second kappa shape index (κ2) is 10.4. The van der Waals surface area contributed by atoms with E-state index in [4.69, 9.17) is 10.1 Å². The summed E-state index contributed by atoms with van der Waals surface area (Å²) in [6, 6.07) is 46.8. The number of fused-ring (bicyclic) bond motifs is 2. The first-order chi connectivity index (χ1) is 20.2. The highest BCUT2D eigenvalue weighted by atomic mass is 15.3. The number of nitrogens with zero attached hydrogens (tertiary/aromatic N) is 4. The predicted octanol–water partition coefficient (Wildman–Crippen LogP) is 9.58. The molecule has 0 fully saturated rings. The minimum absolute atomic E-state index is 0.875. The molecule has 0 saturated carbocycles. The van der Waals surface area contributed by atoms with Gasteiger partial charge in [-0.2, -0.15) is 5.10 Å². The van der Waals surface area contributed by atoms with Crippen LogP contribution in [-0.4, -0.2) is 14.8 Å². The summed E-state index contributed by atoms with van der Waals surface area (Å²) in [5.74, 6) is 0. The van der Waals surface area contributed by atoms with Crippen molar-refractivity contribution in [2.75, 3.05) is 4.90 Å². The number of aromatic nitrogens is 3. The maximum absolute atomic E-state index is 5.15. The second-order valence-corrected chi connectivity index (χ2v) is 10.3. The monoisotopic (exact) mass is 530 g/mol. The van der Waals surface area contributed by atoms with E-state index < -0.39 is 0 Å². The molecule has 4 heteroatoms. The quantitative estimate of drug-likeness (QED) is 0.215. The molecule has 0 aliphatic rings. The number of anilines is 3. The normalized spacial score (nSPS) is 11.3. The Morgan fingerprint density at radius 1 is 0.659 bits per heavy atom. The Morgan fingerprint density at radius 2 is 1.24 bits per heavy atom. The summed E-state index contributed by atoms with van der Waals surface area (Å²) in [6.07, 6.45) is 0.970. The van der Waals surface area contributed by atoms with Gasteiger partial charge in [-0.3, -0.25) is 0 Å². The van der Waals surface area contributed by atoms with Gasteiger partial charge in [0, 0.05) is 28.0 Å². The van der Waals surface area contributed by atoms with E-state index in [0.29, 0.717) is 0 Å². The highest BCUT2D eigenvalue weighted by Gasteiger charge is 2.20. The minimum Gasteiger partial charge on any atom is -0.311 e. The highest BCUT2D eigenvalue weighted by Crippen LogP contribution is 2.40. The van der Waals surface area contributed by atoms with Crippen LogP contribution in [-0.2, 0) is 6.42 Å². The lowest BCUT2D eigenvalue weighted by atomic mass is 9.95. The zero-order chi connectivity index (χ0) is 27.8. The van der Waals surface area contributed by atoms with Gasteiger partial charge in [-0.05, 0) is 85.1 Å². The van der Waals surface area contributed by atoms with Gasteiger partial charge >= 0.3 is 0 Å². The molecule has 41 heavy (non-hydrogen) atoms. The summed E-state index contributed by atoms with van der Waals surface area (Å²) >= 11 is 0. The molecule has 0 amide bonds. The van der Waals surface area contributed by atoms with E-state index in [2.05, 4.69) is 134 Å². The van der Waals surface area contributed by atoms with Crippen molar-refractivity contribution >= 4 is 39.0 Å². The van der Waals surface area contributed by atoms with Crippen molar-refractivity contribution in [3.05, 3.63) is 145 Å². The van der Waals surface area contributed by atoms with E-state index in [1.54, 1.807) is 0 Å². The van der Waals surface area contributed by atoms with Gasteiger partial charge in [-0.25, -0.2) is 9.67 Å². The van der Waals surface area contributed by atoms with Crippen LogP contribution in [0.2, 0.25) is 0 Å². The van der Waals surface area contributed by atoms with Gasteiger partial charge in [0.2, 0.25) is 0 Å². The van der Waals surface area contributed by atoms with Crippen molar-refractivity contribution in [2.45, 2.75) is 20.3 Å². The van der Waals surface area contributed by atoms with Crippen LogP contribution < -0.4 is 4.90 Å². The number of pyridine rings is 1. The van der Waals surface area contributed by atoms with Crippen LogP contribution in [0.15, 0.2) is 133 Å². The zero-order valence-electron chi connectivity index (χ0n) is 23.2. The van der Waals surface area contributed by atoms with Crippen molar-refractivity contribution in [2.24, 2.45) is 0 Å². The molecule has 0 N–H and O–H groups in total. The van der Waals surface area contributed by atoms with Gasteiger partial charge in [0.15, 0.2) is 5.65 Å². The molecule has 2 aromatic heterocycles. The molecule has 5 aromatic carbocycles. The first kappa shape index (κ1) is 24.8. The van der Waals surface area contributed by atoms with E-state index in [1.165, 1.54) is 11.1 Å². The standard InChI is InChI=1S/C37H30N4/c1-3-27-19-24-34-33(25-27)36(35-26(2)39-41(37(35)38-34)32-17-11-6-12-18-32)28-20-22-31(23-21-28)40(29-13-7-4-8-14-29)30-15-9-5-10-16-30/h4-25H,3H2,1-2H3. The molecule has 4 nitrogen and oxygen atoms in total. The minimum atomic E-state index is 0.875. The van der Waals surface area contributed by atoms with Gasteiger partial charge in [0.25, 0.3) is 0 Å². The Labute approximate surface area is 240 Å². The van der Waals surface area contributed by atoms with E-state index in [-0.39, 0.29) is 0 Å². The van der Waals surface area contributed by atoms with Gasteiger partial charge < -0.3 is 4.90 Å². The lowest BCUT2D eigenvalue weighted by Crippen LogP contribution is -2.09. The number of rotatable bonds is 6. The molecule has 2 heterocycles.